The van der Waals surface area contributed by atoms with Crippen LogP contribution in [0, 0.1) is 5.92 Å². The number of amides is 1. The zero-order valence-electron chi connectivity index (χ0n) is 17.9. The minimum atomic E-state index is -0.424. The summed E-state index contributed by atoms with van der Waals surface area (Å²) in [7, 11) is 0. The maximum atomic E-state index is 12.2. The normalized spacial score (nSPS) is 13.1. The van der Waals surface area contributed by atoms with Gasteiger partial charge in [0.15, 0.2) is 0 Å². The molecule has 0 aliphatic heterocycles. The van der Waals surface area contributed by atoms with Crippen LogP contribution in [-0.4, -0.2) is 28.0 Å². The van der Waals surface area contributed by atoms with Crippen LogP contribution >= 0.6 is 22.9 Å². The van der Waals surface area contributed by atoms with Gasteiger partial charge < -0.3 is 15.8 Å². The Morgan fingerprint density at radius 1 is 1.23 bits per heavy atom. The van der Waals surface area contributed by atoms with E-state index in [2.05, 4.69) is 29.1 Å². The molecule has 0 unspecified atom stereocenters. The Labute approximate surface area is 191 Å². The lowest BCUT2D eigenvalue weighted by atomic mass is 9.93. The molecule has 0 spiro atoms. The SMILES string of the molecule is CC(C)C[C@](C)(N)COc1ccc(-c2ccnc(NC(=O)Cc3nccs3)c2)cc1Cl. The van der Waals surface area contributed by atoms with E-state index in [0.717, 1.165) is 22.6 Å². The van der Waals surface area contributed by atoms with Gasteiger partial charge in [0.1, 0.15) is 23.2 Å². The van der Waals surface area contributed by atoms with E-state index in [1.54, 1.807) is 12.4 Å². The van der Waals surface area contributed by atoms with Crippen molar-refractivity contribution in [3.05, 3.63) is 58.1 Å². The molecule has 6 nitrogen and oxygen atoms in total. The largest absolute Gasteiger partial charge is 0.490 e. The standard InChI is InChI=1S/C23H27ClN4O2S/c1-15(2)13-23(3,25)14-30-19-5-4-16(10-18(19)24)17-6-7-26-20(11-17)28-21(29)12-22-27-8-9-31-22/h4-11,15H,12-14,25H2,1-3H3,(H,26,28,29)/t23-/m0/s1. The number of hydrogen-bond donors (Lipinski definition) is 2. The summed E-state index contributed by atoms with van der Waals surface area (Å²) >= 11 is 7.91. The summed E-state index contributed by atoms with van der Waals surface area (Å²) in [5, 5.41) is 5.92. The number of carbonyl (C=O) groups is 1. The van der Waals surface area contributed by atoms with E-state index in [1.165, 1.54) is 11.3 Å². The van der Waals surface area contributed by atoms with Gasteiger partial charge in [0.25, 0.3) is 0 Å². The Morgan fingerprint density at radius 2 is 2.00 bits per heavy atom. The zero-order valence-corrected chi connectivity index (χ0v) is 19.5. The molecular weight excluding hydrogens is 432 g/mol. The maximum Gasteiger partial charge on any atom is 0.232 e. The van der Waals surface area contributed by atoms with E-state index in [0.29, 0.717) is 29.1 Å². The molecule has 2 aromatic heterocycles. The molecule has 3 rings (SSSR count). The van der Waals surface area contributed by atoms with Crippen LogP contribution in [-0.2, 0) is 11.2 Å². The van der Waals surface area contributed by atoms with Crippen LogP contribution in [0.4, 0.5) is 5.82 Å². The Bertz CT molecular complexity index is 1020. The van der Waals surface area contributed by atoms with Crippen LogP contribution in [0.2, 0.25) is 5.02 Å². The molecule has 0 saturated carbocycles. The third-order valence-electron chi connectivity index (χ3n) is 4.52. The molecule has 1 aromatic carbocycles. The second kappa shape index (κ2) is 10.2. The van der Waals surface area contributed by atoms with Gasteiger partial charge in [-0.1, -0.05) is 31.5 Å². The predicted octanol–water partition coefficient (Wildman–Crippen LogP) is 5.18. The van der Waals surface area contributed by atoms with Crippen molar-refractivity contribution < 1.29 is 9.53 Å². The molecule has 3 N–H and O–H groups in total. The number of benzene rings is 1. The first-order chi connectivity index (χ1) is 14.7. The molecule has 0 aliphatic rings. The third kappa shape index (κ3) is 7.02. The van der Waals surface area contributed by atoms with Gasteiger partial charge in [0.05, 0.1) is 11.4 Å². The molecule has 3 aromatic rings. The fraction of sp³-hybridized carbons (Fsp3) is 0.348. The van der Waals surface area contributed by atoms with Crippen molar-refractivity contribution in [3.63, 3.8) is 0 Å². The summed E-state index contributed by atoms with van der Waals surface area (Å²) in [6.07, 6.45) is 4.41. The second-order valence-corrected chi connectivity index (χ2v) is 9.65. The van der Waals surface area contributed by atoms with E-state index >= 15 is 0 Å². The molecule has 8 heteroatoms. The van der Waals surface area contributed by atoms with E-state index in [9.17, 15) is 4.79 Å². The molecule has 164 valence electrons. The number of ether oxygens (including phenoxy) is 1. The van der Waals surface area contributed by atoms with Crippen LogP contribution in [0.1, 0.15) is 32.2 Å². The number of carbonyl (C=O) groups excluding carboxylic acids is 1. The van der Waals surface area contributed by atoms with E-state index < -0.39 is 5.54 Å². The number of rotatable bonds is 9. The van der Waals surface area contributed by atoms with Gasteiger partial charge >= 0.3 is 0 Å². The Hall–Kier alpha value is -2.48. The topological polar surface area (TPSA) is 90.1 Å². The monoisotopic (exact) mass is 458 g/mol. The number of thiazole rings is 1. The lowest BCUT2D eigenvalue weighted by Crippen LogP contribution is -2.43. The number of pyridine rings is 1. The van der Waals surface area contributed by atoms with Gasteiger partial charge in [0.2, 0.25) is 5.91 Å². The minimum absolute atomic E-state index is 0.160. The summed E-state index contributed by atoms with van der Waals surface area (Å²) in [5.74, 6) is 1.40. The van der Waals surface area contributed by atoms with Gasteiger partial charge in [-0.2, -0.15) is 0 Å². The van der Waals surface area contributed by atoms with Crippen molar-refractivity contribution in [2.45, 2.75) is 39.2 Å². The highest BCUT2D eigenvalue weighted by Gasteiger charge is 2.21. The summed E-state index contributed by atoms with van der Waals surface area (Å²) in [5.41, 5.74) is 7.68. The smallest absolute Gasteiger partial charge is 0.232 e. The maximum absolute atomic E-state index is 12.2. The van der Waals surface area contributed by atoms with E-state index in [4.69, 9.17) is 22.1 Å². The number of anilines is 1. The number of nitrogens with two attached hydrogens (primary N) is 1. The third-order valence-corrected chi connectivity index (χ3v) is 5.59. The lowest BCUT2D eigenvalue weighted by Gasteiger charge is -2.26. The average molecular weight is 459 g/mol. The molecular formula is C23H27ClN4O2S. The Balaban J connectivity index is 1.67. The van der Waals surface area contributed by atoms with Crippen molar-refractivity contribution in [3.8, 4) is 16.9 Å². The first-order valence-electron chi connectivity index (χ1n) is 10.1. The van der Waals surface area contributed by atoms with Crippen molar-refractivity contribution in [1.29, 1.82) is 0 Å². The summed E-state index contributed by atoms with van der Waals surface area (Å²) < 4.78 is 5.89. The van der Waals surface area contributed by atoms with Crippen LogP contribution in [0.5, 0.6) is 5.75 Å². The molecule has 1 atom stereocenters. The first kappa shape index (κ1) is 23.2. The van der Waals surface area contributed by atoms with Gasteiger partial charge in [-0.15, -0.1) is 11.3 Å². The van der Waals surface area contributed by atoms with Gasteiger partial charge in [-0.25, -0.2) is 9.97 Å². The first-order valence-corrected chi connectivity index (χ1v) is 11.3. The average Bonchev–Trinajstić information content (AvgIpc) is 3.19. The molecule has 31 heavy (non-hydrogen) atoms. The summed E-state index contributed by atoms with van der Waals surface area (Å²) in [4.78, 5) is 20.6. The van der Waals surface area contributed by atoms with Crippen LogP contribution in [0.3, 0.4) is 0 Å². The van der Waals surface area contributed by atoms with Crippen molar-refractivity contribution in [2.24, 2.45) is 11.7 Å². The molecule has 1 amide bonds. The molecule has 0 bridgehead atoms. The van der Waals surface area contributed by atoms with E-state index in [1.807, 2.05) is 42.6 Å². The molecule has 2 heterocycles. The van der Waals surface area contributed by atoms with Crippen LogP contribution in [0.15, 0.2) is 48.1 Å². The highest BCUT2D eigenvalue weighted by atomic mass is 35.5. The number of nitrogens with zero attached hydrogens (tertiary/aromatic N) is 2. The second-order valence-electron chi connectivity index (χ2n) is 8.27. The highest BCUT2D eigenvalue weighted by Crippen LogP contribution is 2.31. The zero-order chi connectivity index (χ0) is 22.4. The van der Waals surface area contributed by atoms with Gasteiger partial charge in [-0.05, 0) is 54.7 Å². The van der Waals surface area contributed by atoms with E-state index in [-0.39, 0.29) is 12.3 Å². The lowest BCUT2D eigenvalue weighted by molar-refractivity contribution is -0.115. The minimum Gasteiger partial charge on any atom is -0.490 e. The number of nitrogens with one attached hydrogen (secondary N) is 1. The predicted molar refractivity (Wildman–Crippen MR) is 127 cm³/mol. The Morgan fingerprint density at radius 3 is 2.68 bits per heavy atom. The fourth-order valence-electron chi connectivity index (χ4n) is 3.37. The fourth-order valence-corrected chi connectivity index (χ4v) is 4.22. The quantitative estimate of drug-likeness (QED) is 0.461. The summed E-state index contributed by atoms with van der Waals surface area (Å²) in [6.45, 7) is 6.64. The number of halogens is 1. The van der Waals surface area contributed by atoms with Crippen molar-refractivity contribution in [2.75, 3.05) is 11.9 Å². The van der Waals surface area contributed by atoms with Crippen molar-refractivity contribution >= 4 is 34.7 Å². The van der Waals surface area contributed by atoms with Gasteiger partial charge in [-0.3, -0.25) is 4.79 Å². The van der Waals surface area contributed by atoms with Crippen LogP contribution in [0.25, 0.3) is 11.1 Å². The molecule has 0 fully saturated rings. The molecule has 0 saturated heterocycles. The molecule has 0 radical (unpaired) electrons. The number of aromatic nitrogens is 2. The molecule has 0 aliphatic carbocycles. The number of hydrogen-bond acceptors (Lipinski definition) is 6. The Kier molecular flexibility index (Phi) is 7.64. The van der Waals surface area contributed by atoms with Crippen molar-refractivity contribution in [1.82, 2.24) is 9.97 Å². The summed E-state index contributed by atoms with van der Waals surface area (Å²) in [6, 6.07) is 9.27. The highest BCUT2D eigenvalue weighted by molar-refractivity contribution is 7.09. The van der Waals surface area contributed by atoms with Crippen LogP contribution < -0.4 is 15.8 Å². The van der Waals surface area contributed by atoms with Gasteiger partial charge in [0, 0.05) is 23.3 Å².